The summed E-state index contributed by atoms with van der Waals surface area (Å²) < 4.78 is 46.4. The number of carbonyl (C=O) groups is 1. The van der Waals surface area contributed by atoms with Gasteiger partial charge in [-0.25, -0.2) is 21.6 Å². The van der Waals surface area contributed by atoms with Crippen LogP contribution in [0.15, 0.2) is 30.3 Å². The van der Waals surface area contributed by atoms with Gasteiger partial charge in [0.25, 0.3) is 0 Å². The molecule has 0 saturated carbocycles. The van der Waals surface area contributed by atoms with Gasteiger partial charge in [0.15, 0.2) is 0 Å². The zero-order chi connectivity index (χ0) is 15.9. The highest BCUT2D eigenvalue weighted by Gasteiger charge is 2.24. The molecule has 0 saturated heterocycles. The largest absolute Gasteiger partial charge is 0.480 e. The van der Waals surface area contributed by atoms with Gasteiger partial charge in [-0.2, -0.15) is 0 Å². The lowest BCUT2D eigenvalue weighted by molar-refractivity contribution is -0.138. The fourth-order valence-electron chi connectivity index (χ4n) is 1.69. The minimum Gasteiger partial charge on any atom is -0.480 e. The molecule has 118 valence electrons. The molecule has 0 aromatic heterocycles. The van der Waals surface area contributed by atoms with Gasteiger partial charge in [0.1, 0.15) is 16.7 Å². The van der Waals surface area contributed by atoms with Gasteiger partial charge in [-0.3, -0.25) is 4.79 Å². The van der Waals surface area contributed by atoms with Crippen molar-refractivity contribution in [1.82, 2.24) is 4.72 Å². The van der Waals surface area contributed by atoms with Crippen LogP contribution in [0.4, 0.5) is 0 Å². The summed E-state index contributed by atoms with van der Waals surface area (Å²) in [5.74, 6) is -1.95. The fourth-order valence-corrected chi connectivity index (χ4v) is 3.58. The van der Waals surface area contributed by atoms with E-state index in [1.165, 1.54) is 0 Å². The summed E-state index contributed by atoms with van der Waals surface area (Å²) in [7, 11) is -6.47. The van der Waals surface area contributed by atoms with Crippen LogP contribution < -0.4 is 4.72 Å². The van der Waals surface area contributed by atoms with Crippen molar-refractivity contribution in [3.05, 3.63) is 35.9 Å². The number of hydrogen-bond acceptors (Lipinski definition) is 5. The molecule has 0 aliphatic carbocycles. The molecule has 0 bridgehead atoms. The first kappa shape index (κ1) is 17.6. The molecule has 1 rings (SSSR count). The zero-order valence-electron chi connectivity index (χ0n) is 11.1. The smallest absolute Gasteiger partial charge is 0.322 e. The lowest BCUT2D eigenvalue weighted by Crippen LogP contribution is -2.43. The molecule has 0 heterocycles. The number of benzene rings is 1. The molecule has 1 atom stereocenters. The Morgan fingerprint density at radius 2 is 1.86 bits per heavy atom. The van der Waals surface area contributed by atoms with Crippen molar-refractivity contribution in [3.63, 3.8) is 0 Å². The van der Waals surface area contributed by atoms with Crippen molar-refractivity contribution in [1.29, 1.82) is 0 Å². The topological polar surface area (TPSA) is 118 Å². The van der Waals surface area contributed by atoms with Gasteiger partial charge in [0.2, 0.25) is 10.0 Å². The number of hydrogen-bond donors (Lipinski definition) is 3. The van der Waals surface area contributed by atoms with E-state index >= 15 is 0 Å². The normalized spacial score (nSPS) is 13.2. The molecule has 0 fully saturated rings. The Morgan fingerprint density at radius 1 is 1.24 bits per heavy atom. The van der Waals surface area contributed by atoms with Gasteiger partial charge in [0.05, 0.1) is 5.75 Å². The van der Waals surface area contributed by atoms with Crippen LogP contribution in [-0.4, -0.2) is 45.5 Å². The van der Waals surface area contributed by atoms with Crippen molar-refractivity contribution in [2.45, 2.75) is 18.9 Å². The second-order valence-electron chi connectivity index (χ2n) is 4.43. The molecule has 0 aliphatic rings. The maximum atomic E-state index is 11.7. The number of nitrogens with one attached hydrogen (secondary N) is 1. The van der Waals surface area contributed by atoms with E-state index in [2.05, 4.69) is 4.72 Å². The van der Waals surface area contributed by atoms with Crippen LogP contribution in [0.1, 0.15) is 12.0 Å². The molecule has 0 amide bonds. The van der Waals surface area contributed by atoms with Crippen LogP contribution in [0.3, 0.4) is 0 Å². The predicted molar refractivity (Wildman–Crippen MR) is 78.3 cm³/mol. The number of rotatable bonds is 9. The molecule has 21 heavy (non-hydrogen) atoms. The molecule has 0 radical (unpaired) electrons. The third kappa shape index (κ3) is 7.21. The molecule has 1 aromatic carbocycles. The van der Waals surface area contributed by atoms with Gasteiger partial charge >= 0.3 is 5.97 Å². The van der Waals surface area contributed by atoms with E-state index in [-0.39, 0.29) is 18.6 Å². The monoisotopic (exact) mass is 335 g/mol. The van der Waals surface area contributed by atoms with Crippen LogP contribution in [0.2, 0.25) is 0 Å². The fraction of sp³-hybridized carbons (Fsp3) is 0.417. The summed E-state index contributed by atoms with van der Waals surface area (Å²) in [5, 5.41) is 9.09. The summed E-state index contributed by atoms with van der Waals surface area (Å²) in [4.78, 5) is 11.1. The molecule has 2 N–H and O–H groups in total. The minimum absolute atomic E-state index is 0.0191. The lowest BCUT2D eigenvalue weighted by Gasteiger charge is -2.14. The van der Waals surface area contributed by atoms with Crippen LogP contribution >= 0.6 is 0 Å². The first-order valence-electron chi connectivity index (χ1n) is 6.19. The first-order chi connectivity index (χ1) is 9.80. The number of thiol groups is 1. The van der Waals surface area contributed by atoms with Gasteiger partial charge in [0, 0.05) is 5.75 Å². The Hall–Kier alpha value is -1.45. The lowest BCUT2D eigenvalue weighted by atomic mass is 10.1. The predicted octanol–water partition coefficient (Wildman–Crippen LogP) is -0.397. The average Bonchev–Trinajstić information content (AvgIpc) is 2.38. The Kier molecular flexibility index (Phi) is 6.79. The van der Waals surface area contributed by atoms with Crippen molar-refractivity contribution in [2.75, 3.05) is 11.5 Å². The summed E-state index contributed by atoms with van der Waals surface area (Å²) in [5.41, 5.74) is 0.690. The molecule has 0 unspecified atom stereocenters. The summed E-state index contributed by atoms with van der Waals surface area (Å²) in [6.07, 6.45) is -0.0447. The molecule has 0 aliphatic heterocycles. The quantitative estimate of drug-likeness (QED) is 0.529. The van der Waals surface area contributed by atoms with Crippen molar-refractivity contribution in [2.24, 2.45) is 0 Å². The molecular formula is C12H17NO6S2. The summed E-state index contributed by atoms with van der Waals surface area (Å²) in [6, 6.07) is 7.35. The van der Waals surface area contributed by atoms with Gasteiger partial charge in [-0.1, -0.05) is 30.3 Å². The van der Waals surface area contributed by atoms with Crippen LogP contribution in [0, 0.1) is 0 Å². The molecular weight excluding hydrogens is 318 g/mol. The van der Waals surface area contributed by atoms with E-state index in [1.807, 2.05) is 0 Å². The third-order valence-electron chi connectivity index (χ3n) is 2.66. The zero-order valence-corrected chi connectivity index (χ0v) is 12.8. The Bertz CT molecular complexity index is 631. The molecule has 7 nitrogen and oxygen atoms in total. The highest BCUT2D eigenvalue weighted by Crippen LogP contribution is 2.05. The maximum absolute atomic E-state index is 11.7. The SMILES string of the molecule is O=C(O)[C@H](Cc1ccccc1)NS(=O)(=O)CCC[SH](=O)=O. The average molecular weight is 335 g/mol. The van der Waals surface area contributed by atoms with E-state index in [0.717, 1.165) is 0 Å². The van der Waals surface area contributed by atoms with E-state index in [9.17, 15) is 21.6 Å². The highest BCUT2D eigenvalue weighted by molar-refractivity contribution is 7.89. The van der Waals surface area contributed by atoms with Crippen molar-refractivity contribution < 1.29 is 26.7 Å². The van der Waals surface area contributed by atoms with Crippen molar-refractivity contribution >= 4 is 26.7 Å². The minimum atomic E-state index is -3.84. The van der Waals surface area contributed by atoms with E-state index in [4.69, 9.17) is 5.11 Å². The van der Waals surface area contributed by atoms with E-state index in [1.54, 1.807) is 30.3 Å². The number of carboxylic acids is 1. The number of aliphatic carboxylic acids is 1. The number of sulfonamides is 1. The second kappa shape index (κ2) is 8.11. The summed E-state index contributed by atoms with van der Waals surface area (Å²) >= 11 is 0. The van der Waals surface area contributed by atoms with Crippen LogP contribution in [0.5, 0.6) is 0 Å². The Labute approximate surface area is 125 Å². The first-order valence-corrected chi connectivity index (χ1v) is 9.20. The van der Waals surface area contributed by atoms with Crippen molar-refractivity contribution in [3.8, 4) is 0 Å². The molecule has 1 aromatic rings. The van der Waals surface area contributed by atoms with E-state index in [0.29, 0.717) is 5.56 Å². The number of carboxylic acid groups (broad SMARTS) is 1. The second-order valence-corrected chi connectivity index (χ2v) is 7.41. The third-order valence-corrected chi connectivity index (χ3v) is 4.81. The highest BCUT2D eigenvalue weighted by atomic mass is 32.2. The summed E-state index contributed by atoms with van der Waals surface area (Å²) in [6.45, 7) is 0. The van der Waals surface area contributed by atoms with Gasteiger partial charge in [-0.15, -0.1) is 0 Å². The van der Waals surface area contributed by atoms with E-state index < -0.39 is 38.5 Å². The Morgan fingerprint density at radius 3 is 2.38 bits per heavy atom. The molecule has 9 heteroatoms. The van der Waals surface area contributed by atoms with Gasteiger partial charge in [-0.05, 0) is 18.4 Å². The standard InChI is InChI=1S/C12H17NO6S2/c14-12(15)11(9-10-5-2-1-3-6-10)13-21(18,19)8-4-7-20(16)17/h1-3,5-6,11,13,20H,4,7-9H2,(H,14,15)/t11-/m0/s1. The van der Waals surface area contributed by atoms with Crippen LogP contribution in [0.25, 0.3) is 0 Å². The van der Waals surface area contributed by atoms with Crippen LogP contribution in [-0.2, 0) is 31.9 Å². The maximum Gasteiger partial charge on any atom is 0.322 e. The Balaban J connectivity index is 2.67. The van der Waals surface area contributed by atoms with Gasteiger partial charge < -0.3 is 5.11 Å². The molecule has 0 spiro atoms.